The van der Waals surface area contributed by atoms with Gasteiger partial charge in [-0.25, -0.2) is 13.1 Å². The number of hydrogen-bond donors (Lipinski definition) is 2. The number of aliphatic hydroxyl groups is 1. The molecule has 0 saturated carbocycles. The third-order valence-corrected chi connectivity index (χ3v) is 5.57. The summed E-state index contributed by atoms with van der Waals surface area (Å²) < 4.78 is 27.2. The maximum Gasteiger partial charge on any atom is 0.240 e. The largest absolute Gasteiger partial charge is 0.392 e. The smallest absolute Gasteiger partial charge is 0.240 e. The molecule has 0 aromatic heterocycles. The van der Waals surface area contributed by atoms with E-state index in [1.165, 1.54) is 18.2 Å². The first kappa shape index (κ1) is 16.7. The second-order valence-corrected chi connectivity index (χ2v) is 7.71. The monoisotopic (exact) mass is 332 g/mol. The van der Waals surface area contributed by atoms with Gasteiger partial charge in [-0.1, -0.05) is 11.6 Å². The summed E-state index contributed by atoms with van der Waals surface area (Å²) >= 11 is 5.88. The fourth-order valence-electron chi connectivity index (χ4n) is 2.59. The molecule has 5 nitrogen and oxygen atoms in total. The highest BCUT2D eigenvalue weighted by Gasteiger charge is 2.21. The zero-order chi connectivity index (χ0) is 15.5. The van der Waals surface area contributed by atoms with Crippen LogP contribution in [0.1, 0.15) is 18.4 Å². The second-order valence-electron chi connectivity index (χ2n) is 5.53. The van der Waals surface area contributed by atoms with Crippen LogP contribution in [0.4, 0.5) is 0 Å². The van der Waals surface area contributed by atoms with Gasteiger partial charge in [-0.3, -0.25) is 0 Å². The summed E-state index contributed by atoms with van der Waals surface area (Å²) in [6.07, 6.45) is 2.13. The highest BCUT2D eigenvalue weighted by Crippen LogP contribution is 2.21. The van der Waals surface area contributed by atoms with E-state index in [-0.39, 0.29) is 11.5 Å². The van der Waals surface area contributed by atoms with Crippen LogP contribution in [0.25, 0.3) is 0 Å². The number of nitrogens with one attached hydrogen (secondary N) is 1. The van der Waals surface area contributed by atoms with Crippen molar-refractivity contribution in [2.45, 2.75) is 24.3 Å². The Morgan fingerprint density at radius 3 is 2.90 bits per heavy atom. The van der Waals surface area contributed by atoms with Crippen LogP contribution < -0.4 is 4.72 Å². The standard InChI is InChI=1S/C14H21ClN2O3S/c1-17-6-2-3-11(9-17)8-16-21(19,20)13-4-5-14(15)12(7-13)10-18/h4-5,7,11,16,18H,2-3,6,8-10H2,1H3. The van der Waals surface area contributed by atoms with Gasteiger partial charge in [0.15, 0.2) is 0 Å². The number of rotatable bonds is 5. The van der Waals surface area contributed by atoms with Gasteiger partial charge < -0.3 is 10.0 Å². The van der Waals surface area contributed by atoms with Crippen LogP contribution in [-0.2, 0) is 16.6 Å². The maximum atomic E-state index is 12.3. The van der Waals surface area contributed by atoms with Crippen LogP contribution in [0.5, 0.6) is 0 Å². The van der Waals surface area contributed by atoms with Crippen LogP contribution in [0.3, 0.4) is 0 Å². The van der Waals surface area contributed by atoms with E-state index in [0.717, 1.165) is 25.9 Å². The van der Waals surface area contributed by atoms with Crippen LogP contribution in [0.15, 0.2) is 23.1 Å². The molecule has 1 aliphatic rings. The summed E-state index contributed by atoms with van der Waals surface area (Å²) in [4.78, 5) is 2.36. The molecule has 1 fully saturated rings. The molecule has 0 aliphatic carbocycles. The van der Waals surface area contributed by atoms with Gasteiger partial charge in [0, 0.05) is 18.1 Å². The van der Waals surface area contributed by atoms with Crippen LogP contribution >= 0.6 is 11.6 Å². The Morgan fingerprint density at radius 2 is 2.24 bits per heavy atom. The van der Waals surface area contributed by atoms with E-state index in [1.807, 2.05) is 7.05 Å². The van der Waals surface area contributed by atoms with Gasteiger partial charge >= 0.3 is 0 Å². The van der Waals surface area contributed by atoms with E-state index in [9.17, 15) is 8.42 Å². The molecular formula is C14H21ClN2O3S. The molecule has 1 aromatic rings. The third-order valence-electron chi connectivity index (χ3n) is 3.78. The molecule has 1 unspecified atom stereocenters. The predicted molar refractivity (Wildman–Crippen MR) is 82.8 cm³/mol. The van der Waals surface area contributed by atoms with Gasteiger partial charge in [-0.05, 0) is 56.1 Å². The van der Waals surface area contributed by atoms with Crippen molar-refractivity contribution in [3.05, 3.63) is 28.8 Å². The van der Waals surface area contributed by atoms with E-state index in [2.05, 4.69) is 9.62 Å². The summed E-state index contributed by atoms with van der Waals surface area (Å²) in [6, 6.07) is 4.37. The summed E-state index contributed by atoms with van der Waals surface area (Å²) in [5.41, 5.74) is 0.414. The normalized spacial score (nSPS) is 20.6. The van der Waals surface area contributed by atoms with Crippen molar-refractivity contribution in [1.82, 2.24) is 9.62 Å². The first-order valence-corrected chi connectivity index (χ1v) is 8.86. The molecule has 1 heterocycles. The van der Waals surface area contributed by atoms with Crippen molar-refractivity contribution < 1.29 is 13.5 Å². The summed E-state index contributed by atoms with van der Waals surface area (Å²) in [6.45, 7) is 2.13. The fourth-order valence-corrected chi connectivity index (χ4v) is 3.93. The Kier molecular flexibility index (Phi) is 5.62. The van der Waals surface area contributed by atoms with E-state index in [1.54, 1.807) is 0 Å². The molecule has 0 bridgehead atoms. The molecule has 2 rings (SSSR count). The lowest BCUT2D eigenvalue weighted by molar-refractivity contribution is 0.211. The second kappa shape index (κ2) is 7.07. The minimum atomic E-state index is -3.56. The van der Waals surface area contributed by atoms with Crippen molar-refractivity contribution in [2.24, 2.45) is 5.92 Å². The Labute approximate surface area is 131 Å². The third kappa shape index (κ3) is 4.40. The Hall–Kier alpha value is -0.660. The summed E-state index contributed by atoms with van der Waals surface area (Å²) in [7, 11) is -1.52. The molecular weight excluding hydrogens is 312 g/mol. The zero-order valence-electron chi connectivity index (χ0n) is 12.0. The number of likely N-dealkylation sites (tertiary alicyclic amines) is 1. The minimum absolute atomic E-state index is 0.139. The van der Waals surface area contributed by atoms with Gasteiger partial charge in [0.1, 0.15) is 0 Å². The number of halogens is 1. The van der Waals surface area contributed by atoms with Crippen molar-refractivity contribution in [1.29, 1.82) is 0 Å². The number of hydrogen-bond acceptors (Lipinski definition) is 4. The average Bonchev–Trinajstić information content (AvgIpc) is 2.46. The quantitative estimate of drug-likeness (QED) is 0.856. The Bertz CT molecular complexity index is 592. The average molecular weight is 333 g/mol. The summed E-state index contributed by atoms with van der Waals surface area (Å²) in [5, 5.41) is 9.53. The summed E-state index contributed by atoms with van der Waals surface area (Å²) in [5.74, 6) is 0.336. The van der Waals surface area contributed by atoms with Gasteiger partial charge in [-0.15, -0.1) is 0 Å². The molecule has 0 amide bonds. The van der Waals surface area contributed by atoms with E-state index in [0.29, 0.717) is 23.0 Å². The molecule has 118 valence electrons. The molecule has 1 aliphatic heterocycles. The number of piperidine rings is 1. The topological polar surface area (TPSA) is 69.6 Å². The SMILES string of the molecule is CN1CCCC(CNS(=O)(=O)c2ccc(Cl)c(CO)c2)C1. The molecule has 1 aromatic carbocycles. The zero-order valence-corrected chi connectivity index (χ0v) is 13.6. The predicted octanol–water partition coefficient (Wildman–Crippen LogP) is 1.45. The lowest BCUT2D eigenvalue weighted by Gasteiger charge is -2.29. The van der Waals surface area contributed by atoms with E-state index >= 15 is 0 Å². The molecule has 2 N–H and O–H groups in total. The molecule has 0 spiro atoms. The highest BCUT2D eigenvalue weighted by atomic mass is 35.5. The van der Waals surface area contributed by atoms with Crippen LogP contribution in [-0.4, -0.2) is 45.1 Å². The van der Waals surface area contributed by atoms with E-state index in [4.69, 9.17) is 16.7 Å². The first-order valence-electron chi connectivity index (χ1n) is 7.00. The molecule has 1 atom stereocenters. The molecule has 1 saturated heterocycles. The van der Waals surface area contributed by atoms with Gasteiger partial charge in [-0.2, -0.15) is 0 Å². The molecule has 0 radical (unpaired) electrons. The minimum Gasteiger partial charge on any atom is -0.392 e. The van der Waals surface area contributed by atoms with Crippen molar-refractivity contribution >= 4 is 21.6 Å². The number of sulfonamides is 1. The Morgan fingerprint density at radius 1 is 1.48 bits per heavy atom. The first-order chi connectivity index (χ1) is 9.92. The van der Waals surface area contributed by atoms with Gasteiger partial charge in [0.05, 0.1) is 11.5 Å². The Balaban J connectivity index is 2.04. The molecule has 21 heavy (non-hydrogen) atoms. The highest BCUT2D eigenvalue weighted by molar-refractivity contribution is 7.89. The number of benzene rings is 1. The lowest BCUT2D eigenvalue weighted by Crippen LogP contribution is -2.39. The van der Waals surface area contributed by atoms with Crippen molar-refractivity contribution in [3.63, 3.8) is 0 Å². The number of nitrogens with zero attached hydrogens (tertiary/aromatic N) is 1. The van der Waals surface area contributed by atoms with E-state index < -0.39 is 10.0 Å². The van der Waals surface area contributed by atoms with Crippen molar-refractivity contribution in [2.75, 3.05) is 26.7 Å². The fraction of sp³-hybridized carbons (Fsp3) is 0.571. The lowest BCUT2D eigenvalue weighted by atomic mass is 9.99. The van der Waals surface area contributed by atoms with Crippen molar-refractivity contribution in [3.8, 4) is 0 Å². The number of aliphatic hydroxyl groups excluding tert-OH is 1. The van der Waals surface area contributed by atoms with Gasteiger partial charge in [0.2, 0.25) is 10.0 Å². The van der Waals surface area contributed by atoms with Gasteiger partial charge in [0.25, 0.3) is 0 Å². The molecule has 7 heteroatoms. The maximum absolute atomic E-state index is 12.3. The van der Waals surface area contributed by atoms with Crippen LogP contribution in [0, 0.1) is 5.92 Å². The van der Waals surface area contributed by atoms with Crippen LogP contribution in [0.2, 0.25) is 5.02 Å².